The van der Waals surface area contributed by atoms with Crippen LogP contribution in [-0.2, 0) is 0 Å². The molecule has 0 bridgehead atoms. The molecule has 0 amide bonds. The highest BCUT2D eigenvalue weighted by Crippen LogP contribution is 2.24. The zero-order valence-corrected chi connectivity index (χ0v) is 12.3. The first-order chi connectivity index (χ1) is 8.84. The smallest absolute Gasteiger partial charge is 0.0638 e. The maximum absolute atomic E-state index is 5.85. The van der Waals surface area contributed by atoms with Gasteiger partial charge in [0, 0.05) is 11.1 Å². The van der Waals surface area contributed by atoms with Crippen LogP contribution in [0.4, 0.5) is 5.69 Å². The Hall–Kier alpha value is -0.700. The Morgan fingerprint density at radius 2 is 1.72 bits per heavy atom. The van der Waals surface area contributed by atoms with Gasteiger partial charge in [-0.2, -0.15) is 0 Å². The maximum atomic E-state index is 5.85. The third-order valence-corrected chi connectivity index (χ3v) is 4.24. The molecule has 3 heteroatoms. The Morgan fingerprint density at radius 1 is 1.06 bits per heavy atom. The van der Waals surface area contributed by atoms with E-state index in [0.29, 0.717) is 0 Å². The molecule has 1 rings (SSSR count). The van der Waals surface area contributed by atoms with Gasteiger partial charge in [-0.3, -0.25) is 4.98 Å². The number of hydrogen-bond acceptors (Lipinski definition) is 3. The Labute approximate surface area is 116 Å². The van der Waals surface area contributed by atoms with E-state index in [4.69, 9.17) is 5.73 Å². The number of hydrogen-bond donors (Lipinski definition) is 1. The molecule has 0 unspecified atom stereocenters. The molecule has 2 nitrogen and oxygen atoms in total. The van der Waals surface area contributed by atoms with Crippen molar-refractivity contribution in [1.29, 1.82) is 0 Å². The van der Waals surface area contributed by atoms with Gasteiger partial charge in [0.15, 0.2) is 0 Å². The summed E-state index contributed by atoms with van der Waals surface area (Å²) in [5, 5.41) is 0. The summed E-state index contributed by atoms with van der Waals surface area (Å²) >= 11 is 1.85. The molecule has 0 aliphatic heterocycles. The average molecular weight is 266 g/mol. The number of nitrogen functional groups attached to an aromatic ring is 1. The fraction of sp³-hybridized carbons (Fsp3) is 0.667. The number of thioether (sulfide) groups is 1. The number of anilines is 1. The van der Waals surface area contributed by atoms with E-state index in [9.17, 15) is 0 Å². The maximum Gasteiger partial charge on any atom is 0.0638 e. The Bertz CT molecular complexity index is 315. The second-order valence-electron chi connectivity index (χ2n) is 4.74. The molecular formula is C15H26N2S. The molecule has 0 aliphatic rings. The number of rotatable bonds is 10. The molecule has 0 atom stereocenters. The number of aromatic nitrogens is 1. The molecule has 0 spiro atoms. The minimum absolute atomic E-state index is 0.807. The van der Waals surface area contributed by atoms with Crippen molar-refractivity contribution in [3.05, 3.63) is 18.5 Å². The summed E-state index contributed by atoms with van der Waals surface area (Å²) in [6, 6.07) is 2.00. The molecule has 0 fully saturated rings. The van der Waals surface area contributed by atoms with Gasteiger partial charge in [-0.25, -0.2) is 0 Å². The molecule has 102 valence electrons. The minimum Gasteiger partial charge on any atom is -0.397 e. The highest BCUT2D eigenvalue weighted by atomic mass is 32.2. The number of nitrogens with zero attached hydrogens (tertiary/aromatic N) is 1. The molecule has 0 aliphatic carbocycles. The summed E-state index contributed by atoms with van der Waals surface area (Å²) in [7, 11) is 0. The average Bonchev–Trinajstić information content (AvgIpc) is 2.39. The fourth-order valence-corrected chi connectivity index (χ4v) is 2.89. The summed E-state index contributed by atoms with van der Waals surface area (Å²) in [5.74, 6) is 1.17. The molecule has 1 aromatic rings. The lowest BCUT2D eigenvalue weighted by Crippen LogP contribution is -1.90. The predicted molar refractivity (Wildman–Crippen MR) is 82.0 cm³/mol. The van der Waals surface area contributed by atoms with E-state index < -0.39 is 0 Å². The van der Waals surface area contributed by atoms with E-state index in [2.05, 4.69) is 11.9 Å². The van der Waals surface area contributed by atoms with Gasteiger partial charge in [-0.15, -0.1) is 11.8 Å². The zero-order valence-electron chi connectivity index (χ0n) is 11.5. The SMILES string of the molecule is CCCCCCCCCCSc1ccncc1N. The van der Waals surface area contributed by atoms with Crippen molar-refractivity contribution in [1.82, 2.24) is 4.98 Å². The van der Waals surface area contributed by atoms with Gasteiger partial charge in [-0.1, -0.05) is 51.9 Å². The van der Waals surface area contributed by atoms with Gasteiger partial charge in [0.05, 0.1) is 11.9 Å². The van der Waals surface area contributed by atoms with Crippen LogP contribution in [-0.4, -0.2) is 10.7 Å². The van der Waals surface area contributed by atoms with E-state index in [0.717, 1.165) is 5.69 Å². The van der Waals surface area contributed by atoms with E-state index in [-0.39, 0.29) is 0 Å². The molecule has 1 aromatic heterocycles. The number of pyridine rings is 1. The van der Waals surface area contributed by atoms with Gasteiger partial charge in [0.25, 0.3) is 0 Å². The van der Waals surface area contributed by atoms with Crippen molar-refractivity contribution in [3.63, 3.8) is 0 Å². The summed E-state index contributed by atoms with van der Waals surface area (Å²) in [4.78, 5) is 5.17. The van der Waals surface area contributed by atoms with Crippen LogP contribution in [0.25, 0.3) is 0 Å². The summed E-state index contributed by atoms with van der Waals surface area (Å²) in [5.41, 5.74) is 6.65. The van der Waals surface area contributed by atoms with Gasteiger partial charge in [-0.05, 0) is 18.2 Å². The quantitative estimate of drug-likeness (QED) is 0.484. The Balaban J connectivity index is 1.94. The second-order valence-corrected chi connectivity index (χ2v) is 5.87. The topological polar surface area (TPSA) is 38.9 Å². The minimum atomic E-state index is 0.807. The van der Waals surface area contributed by atoms with Crippen molar-refractivity contribution in [2.45, 2.75) is 63.2 Å². The summed E-state index contributed by atoms with van der Waals surface area (Å²) < 4.78 is 0. The Morgan fingerprint density at radius 3 is 2.39 bits per heavy atom. The molecular weight excluding hydrogens is 240 g/mol. The highest BCUT2D eigenvalue weighted by Gasteiger charge is 1.98. The van der Waals surface area contributed by atoms with Crippen LogP contribution in [0.3, 0.4) is 0 Å². The van der Waals surface area contributed by atoms with Crippen molar-refractivity contribution in [2.75, 3.05) is 11.5 Å². The van der Waals surface area contributed by atoms with Crippen LogP contribution in [0, 0.1) is 0 Å². The van der Waals surface area contributed by atoms with Gasteiger partial charge < -0.3 is 5.73 Å². The molecule has 2 N–H and O–H groups in total. The molecule has 18 heavy (non-hydrogen) atoms. The monoisotopic (exact) mass is 266 g/mol. The van der Waals surface area contributed by atoms with Crippen molar-refractivity contribution < 1.29 is 0 Å². The molecule has 0 saturated heterocycles. The van der Waals surface area contributed by atoms with Crippen molar-refractivity contribution >= 4 is 17.4 Å². The van der Waals surface area contributed by atoms with E-state index in [1.165, 1.54) is 62.0 Å². The van der Waals surface area contributed by atoms with Gasteiger partial charge in [0.1, 0.15) is 0 Å². The zero-order chi connectivity index (χ0) is 13.1. The van der Waals surface area contributed by atoms with Gasteiger partial charge in [0.2, 0.25) is 0 Å². The standard InChI is InChI=1S/C15H26N2S/c1-2-3-4-5-6-7-8-9-12-18-15-10-11-17-13-14(15)16/h10-11,13H,2-9,12,16H2,1H3. The first kappa shape index (κ1) is 15.4. The molecule has 0 saturated carbocycles. The van der Waals surface area contributed by atoms with Crippen LogP contribution in [0.5, 0.6) is 0 Å². The lowest BCUT2D eigenvalue weighted by Gasteiger charge is -2.04. The molecule has 1 heterocycles. The lowest BCUT2D eigenvalue weighted by atomic mass is 10.1. The van der Waals surface area contributed by atoms with E-state index in [1.54, 1.807) is 6.20 Å². The number of unbranched alkanes of at least 4 members (excludes halogenated alkanes) is 7. The second kappa shape index (κ2) is 10.2. The van der Waals surface area contributed by atoms with Crippen molar-refractivity contribution in [3.8, 4) is 0 Å². The normalized spacial score (nSPS) is 10.7. The van der Waals surface area contributed by atoms with Crippen LogP contribution in [0.1, 0.15) is 58.3 Å². The van der Waals surface area contributed by atoms with E-state index >= 15 is 0 Å². The Kier molecular flexibility index (Phi) is 8.74. The first-order valence-electron chi connectivity index (χ1n) is 7.17. The van der Waals surface area contributed by atoms with Crippen LogP contribution in [0.15, 0.2) is 23.4 Å². The molecule has 0 radical (unpaired) electrons. The van der Waals surface area contributed by atoms with Gasteiger partial charge >= 0.3 is 0 Å². The lowest BCUT2D eigenvalue weighted by molar-refractivity contribution is 0.586. The predicted octanol–water partition coefficient (Wildman–Crippen LogP) is 4.90. The largest absolute Gasteiger partial charge is 0.397 e. The fourth-order valence-electron chi connectivity index (χ4n) is 1.94. The van der Waals surface area contributed by atoms with Crippen molar-refractivity contribution in [2.24, 2.45) is 0 Å². The third kappa shape index (κ3) is 6.90. The summed E-state index contributed by atoms with van der Waals surface area (Å²) in [6.07, 6.45) is 14.5. The van der Waals surface area contributed by atoms with Crippen LogP contribution >= 0.6 is 11.8 Å². The third-order valence-electron chi connectivity index (χ3n) is 3.07. The molecule has 0 aromatic carbocycles. The number of nitrogens with two attached hydrogens (primary N) is 1. The highest BCUT2D eigenvalue weighted by molar-refractivity contribution is 7.99. The first-order valence-corrected chi connectivity index (χ1v) is 8.15. The van der Waals surface area contributed by atoms with Crippen LogP contribution in [0.2, 0.25) is 0 Å². The van der Waals surface area contributed by atoms with Crippen LogP contribution < -0.4 is 5.73 Å². The van der Waals surface area contributed by atoms with E-state index in [1.807, 2.05) is 24.0 Å². The summed E-state index contributed by atoms with van der Waals surface area (Å²) in [6.45, 7) is 2.27.